The number of rotatable bonds is 4. The third-order valence-corrected chi connectivity index (χ3v) is 3.43. The van der Waals surface area contributed by atoms with E-state index >= 15 is 0 Å². The minimum Gasteiger partial charge on any atom is -0.423 e. The van der Waals surface area contributed by atoms with E-state index in [1.54, 1.807) is 0 Å². The normalized spacial score (nSPS) is 16.3. The maximum atomic E-state index is 9.55. The van der Waals surface area contributed by atoms with Gasteiger partial charge in [-0.3, -0.25) is 0 Å². The van der Waals surface area contributed by atoms with Gasteiger partial charge in [0.05, 0.1) is 6.61 Å². The molecule has 0 bridgehead atoms. The highest BCUT2D eigenvalue weighted by Crippen LogP contribution is 2.26. The van der Waals surface area contributed by atoms with Crippen LogP contribution in [0.3, 0.4) is 0 Å². The van der Waals surface area contributed by atoms with E-state index in [9.17, 15) is 5.02 Å². The van der Waals surface area contributed by atoms with E-state index in [1.807, 2.05) is 6.07 Å². The molecule has 1 N–H and O–H groups in total. The summed E-state index contributed by atoms with van der Waals surface area (Å²) in [6.45, 7) is 5.01. The first kappa shape index (κ1) is 11.7. The summed E-state index contributed by atoms with van der Waals surface area (Å²) < 4.78 is 5.21. The van der Waals surface area contributed by atoms with Crippen molar-refractivity contribution in [2.24, 2.45) is 0 Å². The molecule has 16 heavy (non-hydrogen) atoms. The van der Waals surface area contributed by atoms with Crippen molar-refractivity contribution in [3.05, 3.63) is 29.3 Å². The zero-order chi connectivity index (χ0) is 11.5. The SMILES string of the molecule is CCCC(CC)c1ccc2c(c1)COB2O. The van der Waals surface area contributed by atoms with Gasteiger partial charge in [-0.1, -0.05) is 38.5 Å². The highest BCUT2D eigenvalue weighted by atomic mass is 16.5. The Balaban J connectivity index is 2.23. The van der Waals surface area contributed by atoms with E-state index in [2.05, 4.69) is 26.0 Å². The van der Waals surface area contributed by atoms with Crippen LogP contribution in [-0.4, -0.2) is 12.1 Å². The smallest absolute Gasteiger partial charge is 0.423 e. The van der Waals surface area contributed by atoms with Gasteiger partial charge >= 0.3 is 7.12 Å². The van der Waals surface area contributed by atoms with Crippen LogP contribution in [0.2, 0.25) is 0 Å². The monoisotopic (exact) mass is 218 g/mol. The Bertz CT molecular complexity index is 365. The van der Waals surface area contributed by atoms with Crippen LogP contribution in [0.15, 0.2) is 18.2 Å². The van der Waals surface area contributed by atoms with Gasteiger partial charge in [0.25, 0.3) is 0 Å². The summed E-state index contributed by atoms with van der Waals surface area (Å²) in [6, 6.07) is 6.36. The summed E-state index contributed by atoms with van der Waals surface area (Å²) in [5.74, 6) is 0.646. The maximum Gasteiger partial charge on any atom is 0.491 e. The van der Waals surface area contributed by atoms with Crippen LogP contribution in [0.25, 0.3) is 0 Å². The van der Waals surface area contributed by atoms with Gasteiger partial charge in [0.2, 0.25) is 0 Å². The molecule has 2 rings (SSSR count). The van der Waals surface area contributed by atoms with Crippen LogP contribution in [0.1, 0.15) is 50.2 Å². The zero-order valence-corrected chi connectivity index (χ0v) is 10.1. The Hall–Kier alpha value is -0.795. The van der Waals surface area contributed by atoms with Gasteiger partial charge in [0, 0.05) is 0 Å². The maximum absolute atomic E-state index is 9.55. The minimum atomic E-state index is -0.713. The lowest BCUT2D eigenvalue weighted by molar-refractivity contribution is 0.275. The van der Waals surface area contributed by atoms with Crippen molar-refractivity contribution in [2.45, 2.75) is 45.6 Å². The van der Waals surface area contributed by atoms with Crippen molar-refractivity contribution in [3.8, 4) is 0 Å². The third kappa shape index (κ3) is 2.16. The lowest BCUT2D eigenvalue weighted by Gasteiger charge is -2.15. The van der Waals surface area contributed by atoms with Crippen LogP contribution in [0, 0.1) is 0 Å². The first-order valence-electron chi connectivity index (χ1n) is 6.18. The summed E-state index contributed by atoms with van der Waals surface area (Å²) in [7, 11) is -0.713. The van der Waals surface area contributed by atoms with Crippen molar-refractivity contribution in [1.82, 2.24) is 0 Å². The quantitative estimate of drug-likeness (QED) is 0.785. The molecule has 3 heteroatoms. The van der Waals surface area contributed by atoms with Crippen molar-refractivity contribution >= 4 is 12.6 Å². The molecule has 86 valence electrons. The molecule has 1 aliphatic heterocycles. The van der Waals surface area contributed by atoms with Gasteiger partial charge in [-0.15, -0.1) is 0 Å². The minimum absolute atomic E-state index is 0.549. The van der Waals surface area contributed by atoms with E-state index in [4.69, 9.17) is 4.65 Å². The first-order valence-corrected chi connectivity index (χ1v) is 6.18. The van der Waals surface area contributed by atoms with Gasteiger partial charge in [0.15, 0.2) is 0 Å². The predicted molar refractivity (Wildman–Crippen MR) is 66.8 cm³/mol. The number of fused-ring (bicyclic) bond motifs is 1. The molecule has 0 amide bonds. The lowest BCUT2D eigenvalue weighted by atomic mass is 9.78. The van der Waals surface area contributed by atoms with Crippen molar-refractivity contribution in [2.75, 3.05) is 0 Å². The topological polar surface area (TPSA) is 29.5 Å². The van der Waals surface area contributed by atoms with Gasteiger partial charge in [-0.2, -0.15) is 0 Å². The Morgan fingerprint density at radius 2 is 2.25 bits per heavy atom. The molecule has 1 atom stereocenters. The van der Waals surface area contributed by atoms with Crippen molar-refractivity contribution < 1.29 is 9.68 Å². The molecule has 1 aromatic rings. The third-order valence-electron chi connectivity index (χ3n) is 3.43. The summed E-state index contributed by atoms with van der Waals surface area (Å²) >= 11 is 0. The second-order valence-corrected chi connectivity index (χ2v) is 4.52. The average Bonchev–Trinajstić information content (AvgIpc) is 2.67. The van der Waals surface area contributed by atoms with Crippen LogP contribution in [0.5, 0.6) is 0 Å². The van der Waals surface area contributed by atoms with E-state index in [0.29, 0.717) is 12.5 Å². The molecule has 2 nitrogen and oxygen atoms in total. The molecular weight excluding hydrogens is 199 g/mol. The molecule has 1 unspecified atom stereocenters. The van der Waals surface area contributed by atoms with Crippen LogP contribution in [0.4, 0.5) is 0 Å². The van der Waals surface area contributed by atoms with Gasteiger partial charge in [0.1, 0.15) is 0 Å². The fourth-order valence-electron chi connectivity index (χ4n) is 2.46. The molecule has 0 fully saturated rings. The van der Waals surface area contributed by atoms with E-state index in [1.165, 1.54) is 24.8 Å². The highest BCUT2D eigenvalue weighted by Gasteiger charge is 2.27. The number of benzene rings is 1. The van der Waals surface area contributed by atoms with Gasteiger partial charge in [-0.25, -0.2) is 0 Å². The van der Waals surface area contributed by atoms with E-state index in [0.717, 1.165) is 11.0 Å². The van der Waals surface area contributed by atoms with Crippen LogP contribution >= 0.6 is 0 Å². The second-order valence-electron chi connectivity index (χ2n) is 4.52. The highest BCUT2D eigenvalue weighted by molar-refractivity contribution is 6.61. The Kier molecular flexibility index (Phi) is 3.67. The van der Waals surface area contributed by atoms with Gasteiger partial charge < -0.3 is 9.68 Å². The predicted octanol–water partition coefficient (Wildman–Crippen LogP) is 2.20. The fraction of sp³-hybridized carbons (Fsp3) is 0.538. The first-order chi connectivity index (χ1) is 7.76. The number of hydrogen-bond acceptors (Lipinski definition) is 2. The molecule has 0 aromatic heterocycles. The molecule has 0 radical (unpaired) electrons. The molecule has 1 aromatic carbocycles. The van der Waals surface area contributed by atoms with Crippen molar-refractivity contribution in [1.29, 1.82) is 0 Å². The lowest BCUT2D eigenvalue weighted by Crippen LogP contribution is -2.27. The molecule has 0 saturated heterocycles. The van der Waals surface area contributed by atoms with Crippen molar-refractivity contribution in [3.63, 3.8) is 0 Å². The summed E-state index contributed by atoms with van der Waals surface area (Å²) in [5, 5.41) is 9.55. The van der Waals surface area contributed by atoms with E-state index < -0.39 is 7.12 Å². The average molecular weight is 218 g/mol. The Morgan fingerprint density at radius 3 is 2.94 bits per heavy atom. The Labute approximate surface area is 97.8 Å². The summed E-state index contributed by atoms with van der Waals surface area (Å²) in [6.07, 6.45) is 3.63. The molecular formula is C13H19BO2. The summed E-state index contributed by atoms with van der Waals surface area (Å²) in [4.78, 5) is 0. The molecule has 0 saturated carbocycles. The molecule has 1 aliphatic rings. The van der Waals surface area contributed by atoms with E-state index in [-0.39, 0.29) is 0 Å². The molecule has 0 spiro atoms. The molecule has 1 heterocycles. The van der Waals surface area contributed by atoms with Crippen LogP contribution in [-0.2, 0) is 11.3 Å². The molecule has 0 aliphatic carbocycles. The van der Waals surface area contributed by atoms with Crippen LogP contribution < -0.4 is 5.46 Å². The van der Waals surface area contributed by atoms with Gasteiger partial charge in [-0.05, 0) is 35.3 Å². The largest absolute Gasteiger partial charge is 0.491 e. The standard InChI is InChI=1S/C13H19BO2/c1-3-5-10(4-2)11-6-7-13-12(8-11)9-16-14(13)15/h6-8,10,15H,3-5,9H2,1-2H3. The second kappa shape index (κ2) is 5.02. The summed E-state index contributed by atoms with van der Waals surface area (Å²) in [5.41, 5.74) is 3.48. The number of hydrogen-bond donors (Lipinski definition) is 1. The zero-order valence-electron chi connectivity index (χ0n) is 10.1. The fourth-order valence-corrected chi connectivity index (χ4v) is 2.46. The Morgan fingerprint density at radius 1 is 1.44 bits per heavy atom.